The van der Waals surface area contributed by atoms with E-state index in [0.29, 0.717) is 17.2 Å². The number of ether oxygens (including phenoxy) is 2. The number of anilines is 3. The molecule has 0 saturated heterocycles. The van der Waals surface area contributed by atoms with E-state index in [4.69, 9.17) is 32.7 Å². The van der Waals surface area contributed by atoms with Crippen LogP contribution in [0.3, 0.4) is 0 Å². The van der Waals surface area contributed by atoms with Gasteiger partial charge in [0.1, 0.15) is 23.1 Å². The van der Waals surface area contributed by atoms with Crippen molar-refractivity contribution in [2.45, 2.75) is 10.5 Å². The van der Waals surface area contributed by atoms with Gasteiger partial charge in [0, 0.05) is 35.5 Å². The van der Waals surface area contributed by atoms with Gasteiger partial charge in [0.15, 0.2) is 0 Å². The van der Waals surface area contributed by atoms with Crippen molar-refractivity contribution >= 4 is 87.9 Å². The zero-order valence-corrected chi connectivity index (χ0v) is 32.8. The highest BCUT2D eigenvalue weighted by atomic mass is 35.5. The summed E-state index contributed by atoms with van der Waals surface area (Å²) in [5.74, 6) is 1.40. The van der Waals surface area contributed by atoms with Crippen LogP contribution in [0.1, 0.15) is 12.0 Å². The molecule has 5 aromatic carbocycles. The Morgan fingerprint density at radius 3 is 1.55 bits per heavy atom. The number of allylic oxidation sites excluding steroid dienone is 3. The summed E-state index contributed by atoms with van der Waals surface area (Å²) in [6.07, 6.45) is 1.60. The summed E-state index contributed by atoms with van der Waals surface area (Å²) in [6.45, 7) is 0. The molecule has 0 unspecified atom stereocenters. The van der Waals surface area contributed by atoms with Crippen molar-refractivity contribution in [1.82, 2.24) is 19.9 Å². The Kier molecular flexibility index (Phi) is 10.2. The lowest BCUT2D eigenvalue weighted by Crippen LogP contribution is -2.48. The molecular formula is C40H28Cl2N6O8S2. The molecule has 0 aliphatic heterocycles. The standard InChI is InChI=1S/C40H28Cl2N6O8S2/c41-38-45-34(21-36(47-38)55-31-16-11-24-5-1-3-7-27(24)19-31)43-29-13-9-26(10-14-29)33-18-15-30(23-40(33,57(49,50)51)58(52,53)54)44-35-22-37(48-39(42)46-35)56-32-17-12-25-6-2-4-8-28(25)20-32/h1-22H,23H2,(H,43,45,47)(H,44,46,48)(H,49,50,51)(H,52,53,54). The maximum atomic E-state index is 13.1. The van der Waals surface area contributed by atoms with Gasteiger partial charge in [-0.2, -0.15) is 26.8 Å². The first-order valence-corrected chi connectivity index (χ1v) is 20.8. The normalized spacial score (nSPS) is 14.1. The molecule has 8 rings (SSSR count). The van der Waals surface area contributed by atoms with Crippen LogP contribution in [0.15, 0.2) is 139 Å². The van der Waals surface area contributed by atoms with Crippen molar-refractivity contribution in [2.75, 3.05) is 10.6 Å². The van der Waals surface area contributed by atoms with Crippen LogP contribution in [0, 0.1) is 0 Å². The number of rotatable bonds is 11. The highest BCUT2D eigenvalue weighted by Gasteiger charge is 2.59. The third-order valence-corrected chi connectivity index (χ3v) is 13.1. The topological polar surface area (TPSA) is 203 Å². The van der Waals surface area contributed by atoms with Crippen LogP contribution in [-0.4, -0.2) is 50.0 Å². The van der Waals surface area contributed by atoms with Gasteiger partial charge in [-0.05, 0) is 92.8 Å². The zero-order chi connectivity index (χ0) is 40.7. The number of hydrogen-bond donors (Lipinski definition) is 4. The highest BCUT2D eigenvalue weighted by Crippen LogP contribution is 2.46. The van der Waals surface area contributed by atoms with Crippen molar-refractivity contribution in [3.63, 3.8) is 0 Å². The Bertz CT molecular complexity index is 3010. The van der Waals surface area contributed by atoms with Gasteiger partial charge in [0.2, 0.25) is 22.3 Å². The van der Waals surface area contributed by atoms with Gasteiger partial charge in [-0.3, -0.25) is 9.11 Å². The summed E-state index contributed by atoms with van der Waals surface area (Å²) in [7, 11) is -11.2. The summed E-state index contributed by atoms with van der Waals surface area (Å²) in [5, 5.41) is 9.44. The minimum Gasteiger partial charge on any atom is -0.439 e. The predicted octanol–water partition coefficient (Wildman–Crippen LogP) is 9.46. The fourth-order valence-electron chi connectivity index (χ4n) is 6.49. The van der Waals surface area contributed by atoms with Crippen LogP contribution in [0.4, 0.5) is 17.3 Å². The van der Waals surface area contributed by atoms with E-state index in [0.717, 1.165) is 27.6 Å². The van der Waals surface area contributed by atoms with Gasteiger partial charge in [-0.15, -0.1) is 0 Å². The molecule has 292 valence electrons. The molecule has 2 aromatic heterocycles. The lowest BCUT2D eigenvalue weighted by molar-refractivity contribution is 0.438. The molecule has 58 heavy (non-hydrogen) atoms. The monoisotopic (exact) mass is 854 g/mol. The van der Waals surface area contributed by atoms with Gasteiger partial charge >= 0.3 is 0 Å². The maximum Gasteiger partial charge on any atom is 0.292 e. The minimum absolute atomic E-state index is 0.00420. The first-order chi connectivity index (χ1) is 27.7. The van der Waals surface area contributed by atoms with E-state index in [9.17, 15) is 25.9 Å². The van der Waals surface area contributed by atoms with Crippen LogP contribution in [0.2, 0.25) is 10.6 Å². The molecule has 0 saturated carbocycles. The quantitative estimate of drug-likeness (QED) is 0.0707. The third kappa shape index (κ3) is 8.02. The number of aromatic nitrogens is 4. The average Bonchev–Trinajstić information content (AvgIpc) is 3.17. The Hall–Kier alpha value is -6.14. The van der Waals surface area contributed by atoms with E-state index in [1.807, 2.05) is 66.7 Å². The van der Waals surface area contributed by atoms with Crippen molar-refractivity contribution < 1.29 is 35.4 Å². The smallest absolute Gasteiger partial charge is 0.292 e. The number of nitrogens with zero attached hydrogens (tertiary/aromatic N) is 4. The van der Waals surface area contributed by atoms with Gasteiger partial charge in [-0.25, -0.2) is 9.97 Å². The van der Waals surface area contributed by atoms with Crippen LogP contribution in [0.25, 0.3) is 27.1 Å². The second kappa shape index (κ2) is 15.3. The second-order valence-corrected chi connectivity index (χ2v) is 17.2. The number of nitrogens with one attached hydrogen (secondary N) is 2. The molecule has 1 aliphatic carbocycles. The van der Waals surface area contributed by atoms with E-state index in [-0.39, 0.29) is 45.2 Å². The fraction of sp³-hybridized carbons (Fsp3) is 0.0500. The summed E-state index contributed by atoms with van der Waals surface area (Å²) in [6, 6.07) is 35.1. The third-order valence-electron chi connectivity index (χ3n) is 9.11. The lowest BCUT2D eigenvalue weighted by Gasteiger charge is -2.33. The molecule has 0 spiro atoms. The zero-order valence-electron chi connectivity index (χ0n) is 29.6. The molecule has 0 fully saturated rings. The summed E-state index contributed by atoms with van der Waals surface area (Å²) >= 11 is 12.4. The van der Waals surface area contributed by atoms with Crippen molar-refractivity contribution in [3.8, 4) is 23.3 Å². The largest absolute Gasteiger partial charge is 0.439 e. The molecule has 18 heteroatoms. The summed E-state index contributed by atoms with van der Waals surface area (Å²) < 4.78 is 82.2. The maximum absolute atomic E-state index is 13.1. The fourth-order valence-corrected chi connectivity index (χ4v) is 9.50. The Balaban J connectivity index is 1.05. The van der Waals surface area contributed by atoms with Gasteiger partial charge in [0.25, 0.3) is 24.3 Å². The Labute approximate surface area is 341 Å². The number of halogens is 2. The van der Waals surface area contributed by atoms with Crippen LogP contribution < -0.4 is 20.1 Å². The lowest BCUT2D eigenvalue weighted by atomic mass is 9.94. The number of benzene rings is 5. The first kappa shape index (κ1) is 38.7. The predicted molar refractivity (Wildman–Crippen MR) is 222 cm³/mol. The minimum atomic E-state index is -5.58. The van der Waals surface area contributed by atoms with Crippen molar-refractivity contribution in [3.05, 3.63) is 155 Å². The molecule has 14 nitrogen and oxygen atoms in total. The SMILES string of the molecule is O=S(=O)(O)C1(S(=O)(=O)O)CC(Nc2cc(Oc3ccc4ccccc4c3)nc(Cl)n2)=CC=C1c1ccc(Nc2cc(Oc3ccc4ccccc4c3)nc(Cl)n2)cc1. The molecule has 0 amide bonds. The molecule has 4 N–H and O–H groups in total. The van der Waals surface area contributed by atoms with Crippen LogP contribution in [0.5, 0.6) is 23.3 Å². The van der Waals surface area contributed by atoms with E-state index >= 15 is 0 Å². The van der Waals surface area contributed by atoms with E-state index in [2.05, 4.69) is 30.6 Å². The Morgan fingerprint density at radius 2 is 1.05 bits per heavy atom. The number of hydrogen-bond acceptors (Lipinski definition) is 12. The van der Waals surface area contributed by atoms with E-state index in [1.165, 1.54) is 42.5 Å². The molecular weight excluding hydrogens is 828 g/mol. The first-order valence-electron chi connectivity index (χ1n) is 17.1. The Morgan fingerprint density at radius 1 is 0.569 bits per heavy atom. The summed E-state index contributed by atoms with van der Waals surface area (Å²) in [4.78, 5) is 16.5. The van der Waals surface area contributed by atoms with Crippen LogP contribution >= 0.6 is 23.2 Å². The second-order valence-electron chi connectivity index (χ2n) is 12.9. The van der Waals surface area contributed by atoms with Gasteiger partial charge < -0.3 is 20.1 Å². The summed E-state index contributed by atoms with van der Waals surface area (Å²) in [5.41, 5.74) is -0.0118. The highest BCUT2D eigenvalue weighted by molar-refractivity contribution is 8.06. The number of fused-ring (bicyclic) bond motifs is 2. The van der Waals surface area contributed by atoms with Crippen LogP contribution in [-0.2, 0) is 20.2 Å². The van der Waals surface area contributed by atoms with E-state index < -0.39 is 36.3 Å². The molecule has 0 bridgehead atoms. The van der Waals surface area contributed by atoms with Crippen molar-refractivity contribution in [2.24, 2.45) is 0 Å². The average molecular weight is 856 g/mol. The van der Waals surface area contributed by atoms with Gasteiger partial charge in [0.05, 0.1) is 0 Å². The van der Waals surface area contributed by atoms with E-state index in [1.54, 1.807) is 18.2 Å². The van der Waals surface area contributed by atoms with Gasteiger partial charge in [-0.1, -0.05) is 78.9 Å². The molecule has 0 atom stereocenters. The molecule has 7 aromatic rings. The molecule has 1 aliphatic rings. The molecule has 2 heterocycles. The van der Waals surface area contributed by atoms with Crippen molar-refractivity contribution in [1.29, 1.82) is 0 Å². The molecule has 0 radical (unpaired) electrons.